The molecule has 0 spiro atoms. The first-order valence-electron chi connectivity index (χ1n) is 7.21. The number of aryl methyl sites for hydroxylation is 1. The standard InChI is InChI=1S/C14H16FN5O2S/c1-9-2-5-11(15)12(6-9)20-13(17-18-19-20)7-23(22)8-14(21)16-10-3-4-10/h2,5-6,10H,3-4,7-8H2,1H3,(H,16,21). The van der Waals surface area contributed by atoms with Crippen LogP contribution >= 0.6 is 0 Å². The second-order valence-electron chi connectivity index (χ2n) is 5.53. The highest BCUT2D eigenvalue weighted by atomic mass is 32.2. The van der Waals surface area contributed by atoms with Gasteiger partial charge in [0.15, 0.2) is 5.82 Å². The third kappa shape index (κ3) is 3.98. The highest BCUT2D eigenvalue weighted by Crippen LogP contribution is 2.18. The zero-order valence-corrected chi connectivity index (χ0v) is 13.3. The number of benzene rings is 1. The van der Waals surface area contributed by atoms with Gasteiger partial charge in [-0.2, -0.15) is 4.68 Å². The summed E-state index contributed by atoms with van der Waals surface area (Å²) in [5.41, 5.74) is 1.05. The Morgan fingerprint density at radius 1 is 1.48 bits per heavy atom. The van der Waals surface area contributed by atoms with Gasteiger partial charge in [-0.1, -0.05) is 6.07 Å². The molecule has 9 heteroatoms. The van der Waals surface area contributed by atoms with E-state index in [0.29, 0.717) is 0 Å². The van der Waals surface area contributed by atoms with Crippen LogP contribution in [-0.2, 0) is 21.3 Å². The maximum Gasteiger partial charge on any atom is 0.232 e. The molecule has 23 heavy (non-hydrogen) atoms. The quantitative estimate of drug-likeness (QED) is 0.835. The van der Waals surface area contributed by atoms with E-state index in [2.05, 4.69) is 20.8 Å². The summed E-state index contributed by atoms with van der Waals surface area (Å²) in [4.78, 5) is 11.7. The summed E-state index contributed by atoms with van der Waals surface area (Å²) in [7, 11) is -1.46. The molecule has 3 rings (SSSR count). The molecular weight excluding hydrogens is 321 g/mol. The van der Waals surface area contributed by atoms with Gasteiger partial charge in [0.2, 0.25) is 5.91 Å². The van der Waals surface area contributed by atoms with E-state index in [4.69, 9.17) is 0 Å². The Balaban J connectivity index is 1.71. The normalized spacial score (nSPS) is 15.4. The molecule has 1 amide bonds. The fraction of sp³-hybridized carbons (Fsp3) is 0.429. The van der Waals surface area contributed by atoms with E-state index < -0.39 is 16.6 Å². The predicted molar refractivity (Wildman–Crippen MR) is 81.7 cm³/mol. The number of carbonyl (C=O) groups is 1. The lowest BCUT2D eigenvalue weighted by atomic mass is 10.2. The van der Waals surface area contributed by atoms with Gasteiger partial charge in [-0.25, -0.2) is 4.39 Å². The lowest BCUT2D eigenvalue weighted by molar-refractivity contribution is -0.118. The van der Waals surface area contributed by atoms with Crippen molar-refractivity contribution in [1.29, 1.82) is 0 Å². The number of halogens is 1. The number of hydrogen-bond donors (Lipinski definition) is 1. The maximum atomic E-state index is 14.0. The molecule has 0 aliphatic heterocycles. The van der Waals surface area contributed by atoms with Crippen LogP contribution in [0.15, 0.2) is 18.2 Å². The summed E-state index contributed by atoms with van der Waals surface area (Å²) < 4.78 is 27.3. The molecule has 7 nitrogen and oxygen atoms in total. The molecular formula is C14H16FN5O2S. The highest BCUT2D eigenvalue weighted by molar-refractivity contribution is 7.84. The zero-order valence-electron chi connectivity index (χ0n) is 12.5. The first kappa shape index (κ1) is 15.7. The van der Waals surface area contributed by atoms with Crippen LogP contribution in [0.2, 0.25) is 0 Å². The Kier molecular flexibility index (Phi) is 4.46. The summed E-state index contributed by atoms with van der Waals surface area (Å²) in [6.45, 7) is 1.83. The first-order valence-corrected chi connectivity index (χ1v) is 8.70. The van der Waals surface area contributed by atoms with Crippen molar-refractivity contribution in [2.24, 2.45) is 0 Å². The minimum absolute atomic E-state index is 0.0154. The average molecular weight is 337 g/mol. The van der Waals surface area contributed by atoms with Gasteiger partial charge < -0.3 is 5.32 Å². The van der Waals surface area contributed by atoms with Gasteiger partial charge in [0.25, 0.3) is 0 Å². The number of nitrogens with zero attached hydrogens (tertiary/aromatic N) is 4. The van der Waals surface area contributed by atoms with Gasteiger partial charge in [0, 0.05) is 16.8 Å². The number of nitrogens with one attached hydrogen (secondary N) is 1. The van der Waals surface area contributed by atoms with Crippen LogP contribution in [0.1, 0.15) is 24.2 Å². The van der Waals surface area contributed by atoms with Crippen molar-refractivity contribution >= 4 is 16.7 Å². The Morgan fingerprint density at radius 3 is 3.00 bits per heavy atom. The van der Waals surface area contributed by atoms with Gasteiger partial charge >= 0.3 is 0 Å². The number of rotatable bonds is 6. The van der Waals surface area contributed by atoms with Crippen LogP contribution in [0.25, 0.3) is 5.69 Å². The van der Waals surface area contributed by atoms with E-state index >= 15 is 0 Å². The van der Waals surface area contributed by atoms with Crippen LogP contribution in [0.5, 0.6) is 0 Å². The van der Waals surface area contributed by atoms with Crippen molar-refractivity contribution in [2.45, 2.75) is 31.6 Å². The van der Waals surface area contributed by atoms with Crippen molar-refractivity contribution in [3.8, 4) is 5.69 Å². The maximum absolute atomic E-state index is 14.0. The average Bonchev–Trinajstić information content (AvgIpc) is 3.18. The Bertz CT molecular complexity index is 759. The summed E-state index contributed by atoms with van der Waals surface area (Å²) in [6.07, 6.45) is 1.95. The largest absolute Gasteiger partial charge is 0.353 e. The third-order valence-electron chi connectivity index (χ3n) is 3.39. The minimum Gasteiger partial charge on any atom is -0.353 e. The number of hydrogen-bond acceptors (Lipinski definition) is 5. The second-order valence-corrected chi connectivity index (χ2v) is 6.99. The van der Waals surface area contributed by atoms with E-state index in [1.165, 1.54) is 10.7 Å². The van der Waals surface area contributed by atoms with E-state index in [9.17, 15) is 13.4 Å². The van der Waals surface area contributed by atoms with Gasteiger partial charge in [0.05, 0.1) is 5.75 Å². The molecule has 0 saturated heterocycles. The number of aromatic nitrogens is 4. The van der Waals surface area contributed by atoms with Crippen LogP contribution in [-0.4, -0.2) is 42.1 Å². The van der Waals surface area contributed by atoms with Gasteiger partial charge in [-0.05, 0) is 47.9 Å². The van der Waals surface area contributed by atoms with Crippen molar-refractivity contribution < 1.29 is 13.4 Å². The molecule has 1 aliphatic carbocycles. The Hall–Kier alpha value is -2.16. The molecule has 1 aromatic carbocycles. The van der Waals surface area contributed by atoms with Gasteiger partial charge in [-0.15, -0.1) is 5.10 Å². The molecule has 1 saturated carbocycles. The lowest BCUT2D eigenvalue weighted by Gasteiger charge is -2.07. The highest BCUT2D eigenvalue weighted by Gasteiger charge is 2.24. The van der Waals surface area contributed by atoms with Crippen LogP contribution in [0, 0.1) is 12.7 Å². The van der Waals surface area contributed by atoms with Crippen LogP contribution < -0.4 is 5.32 Å². The minimum atomic E-state index is -1.46. The van der Waals surface area contributed by atoms with Crippen molar-refractivity contribution in [3.05, 3.63) is 35.4 Å². The van der Waals surface area contributed by atoms with Crippen LogP contribution in [0.4, 0.5) is 4.39 Å². The number of tetrazole rings is 1. The first-order chi connectivity index (χ1) is 11.0. The van der Waals surface area contributed by atoms with Gasteiger partial charge in [0.1, 0.15) is 17.3 Å². The Labute approximate surface area is 134 Å². The summed E-state index contributed by atoms with van der Waals surface area (Å²) >= 11 is 0. The molecule has 1 unspecified atom stereocenters. The van der Waals surface area contributed by atoms with E-state index in [-0.39, 0.29) is 35.0 Å². The molecule has 122 valence electrons. The van der Waals surface area contributed by atoms with Crippen LogP contribution in [0.3, 0.4) is 0 Å². The topological polar surface area (TPSA) is 89.8 Å². The summed E-state index contributed by atoms with van der Waals surface area (Å²) in [5, 5.41) is 13.9. The molecule has 1 heterocycles. The molecule has 0 radical (unpaired) electrons. The number of amides is 1. The summed E-state index contributed by atoms with van der Waals surface area (Å²) in [5.74, 6) is -0.585. The smallest absolute Gasteiger partial charge is 0.232 e. The van der Waals surface area contributed by atoms with Crippen molar-refractivity contribution in [2.75, 3.05) is 5.75 Å². The zero-order chi connectivity index (χ0) is 16.4. The molecule has 2 aromatic rings. The monoisotopic (exact) mass is 337 g/mol. The fourth-order valence-corrected chi connectivity index (χ4v) is 3.05. The predicted octanol–water partition coefficient (Wildman–Crippen LogP) is 0.637. The number of carbonyl (C=O) groups excluding carboxylic acids is 1. The summed E-state index contributed by atoms with van der Waals surface area (Å²) in [6, 6.07) is 4.81. The lowest BCUT2D eigenvalue weighted by Crippen LogP contribution is -2.30. The molecule has 1 fully saturated rings. The molecule has 0 bridgehead atoms. The van der Waals surface area contributed by atoms with E-state index in [1.54, 1.807) is 12.1 Å². The van der Waals surface area contributed by atoms with Crippen molar-refractivity contribution in [3.63, 3.8) is 0 Å². The molecule has 1 aromatic heterocycles. The van der Waals surface area contributed by atoms with Crippen molar-refractivity contribution in [1.82, 2.24) is 25.5 Å². The molecule has 1 N–H and O–H groups in total. The SMILES string of the molecule is Cc1ccc(F)c(-n2nnnc2CS(=O)CC(=O)NC2CC2)c1. The van der Waals surface area contributed by atoms with E-state index in [1.807, 2.05) is 6.92 Å². The van der Waals surface area contributed by atoms with Gasteiger partial charge in [-0.3, -0.25) is 9.00 Å². The Morgan fingerprint density at radius 2 is 2.26 bits per heavy atom. The fourth-order valence-electron chi connectivity index (χ4n) is 2.11. The second kappa shape index (κ2) is 6.53. The third-order valence-corrected chi connectivity index (χ3v) is 4.55. The van der Waals surface area contributed by atoms with E-state index in [0.717, 1.165) is 18.4 Å². The molecule has 1 aliphatic rings. The molecule has 1 atom stereocenters.